The highest BCUT2D eigenvalue weighted by Gasteiger charge is 2.21. The molecule has 1 atom stereocenters. The number of rotatable bonds is 5. The molecular formula is C20H20FN3O. The van der Waals surface area contributed by atoms with Crippen molar-refractivity contribution in [2.45, 2.75) is 19.4 Å². The summed E-state index contributed by atoms with van der Waals surface area (Å²) in [6, 6.07) is 13.5. The smallest absolute Gasteiger partial charge is 0.225 e. The number of carbonyl (C=O) groups excluding carboxylic acids is 1. The fraction of sp³-hybridized carbons (Fsp3) is 0.200. The van der Waals surface area contributed by atoms with Crippen LogP contribution in [0.25, 0.3) is 0 Å². The summed E-state index contributed by atoms with van der Waals surface area (Å²) in [6.07, 6.45) is 3.79. The minimum Gasteiger partial charge on any atom is -0.342 e. The lowest BCUT2D eigenvalue weighted by Crippen LogP contribution is -2.32. The number of nitrogens with zero attached hydrogens (tertiary/aromatic N) is 2. The normalized spacial score (nSPS) is 12.0. The van der Waals surface area contributed by atoms with Crippen LogP contribution in [-0.4, -0.2) is 15.5 Å². The number of hydrogen-bond donors (Lipinski definition) is 1. The lowest BCUT2D eigenvalue weighted by atomic mass is 10.0. The molecule has 1 N–H and O–H groups in total. The van der Waals surface area contributed by atoms with E-state index in [1.165, 1.54) is 12.1 Å². The van der Waals surface area contributed by atoms with E-state index in [0.29, 0.717) is 5.82 Å². The van der Waals surface area contributed by atoms with Crippen molar-refractivity contribution in [1.82, 2.24) is 14.9 Å². The van der Waals surface area contributed by atoms with Crippen molar-refractivity contribution in [3.8, 4) is 0 Å². The molecule has 25 heavy (non-hydrogen) atoms. The second-order valence-corrected chi connectivity index (χ2v) is 6.05. The summed E-state index contributed by atoms with van der Waals surface area (Å²) < 4.78 is 15.1. The van der Waals surface area contributed by atoms with Gasteiger partial charge in [0, 0.05) is 19.4 Å². The summed E-state index contributed by atoms with van der Waals surface area (Å²) in [5.41, 5.74) is 2.85. The van der Waals surface area contributed by atoms with Crippen molar-refractivity contribution in [3.63, 3.8) is 0 Å². The number of amides is 1. The number of benzene rings is 2. The van der Waals surface area contributed by atoms with E-state index in [4.69, 9.17) is 0 Å². The zero-order valence-electron chi connectivity index (χ0n) is 14.2. The molecule has 1 heterocycles. The third-order valence-electron chi connectivity index (χ3n) is 4.24. The Kier molecular flexibility index (Phi) is 4.93. The molecular weight excluding hydrogens is 317 g/mol. The number of hydrogen-bond acceptors (Lipinski definition) is 2. The van der Waals surface area contributed by atoms with E-state index in [0.717, 1.165) is 16.7 Å². The van der Waals surface area contributed by atoms with Crippen LogP contribution in [-0.2, 0) is 18.3 Å². The van der Waals surface area contributed by atoms with Crippen molar-refractivity contribution < 1.29 is 9.18 Å². The van der Waals surface area contributed by atoms with E-state index in [1.54, 1.807) is 18.3 Å². The molecule has 0 spiro atoms. The molecule has 0 fully saturated rings. The summed E-state index contributed by atoms with van der Waals surface area (Å²) in [5, 5.41) is 3.03. The van der Waals surface area contributed by atoms with Crippen molar-refractivity contribution in [2.75, 3.05) is 0 Å². The zero-order valence-corrected chi connectivity index (χ0v) is 14.2. The number of carbonyl (C=O) groups is 1. The van der Waals surface area contributed by atoms with Gasteiger partial charge in [-0.25, -0.2) is 9.37 Å². The third kappa shape index (κ3) is 3.94. The maximum atomic E-state index is 13.3. The number of nitrogens with one attached hydrogen (secondary N) is 1. The van der Waals surface area contributed by atoms with Crippen LogP contribution in [0.5, 0.6) is 0 Å². The van der Waals surface area contributed by atoms with E-state index < -0.39 is 6.04 Å². The Morgan fingerprint density at radius 1 is 1.20 bits per heavy atom. The summed E-state index contributed by atoms with van der Waals surface area (Å²) in [6.45, 7) is 1.98. The average molecular weight is 337 g/mol. The topological polar surface area (TPSA) is 46.9 Å². The second kappa shape index (κ2) is 7.30. The van der Waals surface area contributed by atoms with E-state index in [2.05, 4.69) is 10.3 Å². The van der Waals surface area contributed by atoms with Gasteiger partial charge in [-0.05, 0) is 35.7 Å². The molecule has 0 aliphatic rings. The molecule has 0 aliphatic carbocycles. The fourth-order valence-corrected chi connectivity index (χ4v) is 2.80. The van der Waals surface area contributed by atoms with Crippen LogP contribution in [0, 0.1) is 12.7 Å². The van der Waals surface area contributed by atoms with Crippen LogP contribution in [0.15, 0.2) is 60.9 Å². The van der Waals surface area contributed by atoms with Gasteiger partial charge in [0.1, 0.15) is 17.7 Å². The molecule has 3 rings (SSSR count). The maximum absolute atomic E-state index is 13.3. The van der Waals surface area contributed by atoms with Gasteiger partial charge in [-0.3, -0.25) is 4.79 Å². The lowest BCUT2D eigenvalue weighted by Gasteiger charge is -2.19. The van der Waals surface area contributed by atoms with Crippen molar-refractivity contribution >= 4 is 5.91 Å². The Hall–Kier alpha value is -2.95. The van der Waals surface area contributed by atoms with Gasteiger partial charge in [-0.1, -0.05) is 36.4 Å². The number of halogens is 1. The highest BCUT2D eigenvalue weighted by atomic mass is 19.1. The molecule has 128 valence electrons. The third-order valence-corrected chi connectivity index (χ3v) is 4.24. The fourth-order valence-electron chi connectivity index (χ4n) is 2.80. The first-order valence-electron chi connectivity index (χ1n) is 8.11. The molecule has 0 aliphatic heterocycles. The molecule has 1 aromatic heterocycles. The molecule has 3 aromatic rings. The summed E-state index contributed by atoms with van der Waals surface area (Å²) in [4.78, 5) is 16.9. The first kappa shape index (κ1) is 16.9. The van der Waals surface area contributed by atoms with Gasteiger partial charge in [0.15, 0.2) is 0 Å². The van der Waals surface area contributed by atoms with Gasteiger partial charge < -0.3 is 9.88 Å². The molecule has 4 nitrogen and oxygen atoms in total. The van der Waals surface area contributed by atoms with Gasteiger partial charge >= 0.3 is 0 Å². The van der Waals surface area contributed by atoms with Crippen LogP contribution >= 0.6 is 0 Å². The van der Waals surface area contributed by atoms with E-state index in [-0.39, 0.29) is 18.1 Å². The summed E-state index contributed by atoms with van der Waals surface area (Å²) in [5.74, 6) is 0.282. The monoisotopic (exact) mass is 337 g/mol. The first-order chi connectivity index (χ1) is 12.0. The van der Waals surface area contributed by atoms with Gasteiger partial charge in [-0.2, -0.15) is 0 Å². The molecule has 0 radical (unpaired) electrons. The van der Waals surface area contributed by atoms with Crippen LogP contribution < -0.4 is 5.32 Å². The number of aryl methyl sites for hydroxylation is 2. The highest BCUT2D eigenvalue weighted by Crippen LogP contribution is 2.21. The largest absolute Gasteiger partial charge is 0.342 e. The number of aromatic nitrogens is 2. The Balaban J connectivity index is 1.85. The molecule has 0 saturated heterocycles. The Morgan fingerprint density at radius 3 is 2.56 bits per heavy atom. The lowest BCUT2D eigenvalue weighted by molar-refractivity contribution is -0.121. The van der Waals surface area contributed by atoms with E-state index in [1.807, 2.05) is 49.0 Å². The van der Waals surface area contributed by atoms with Crippen LogP contribution in [0.3, 0.4) is 0 Å². The van der Waals surface area contributed by atoms with Crippen LogP contribution in [0.2, 0.25) is 0 Å². The predicted molar refractivity (Wildman–Crippen MR) is 94.5 cm³/mol. The summed E-state index contributed by atoms with van der Waals surface area (Å²) in [7, 11) is 1.87. The predicted octanol–water partition coefficient (Wildman–Crippen LogP) is 3.32. The van der Waals surface area contributed by atoms with E-state index in [9.17, 15) is 9.18 Å². The van der Waals surface area contributed by atoms with Gasteiger partial charge in [-0.15, -0.1) is 0 Å². The molecule has 0 saturated carbocycles. The molecule has 0 unspecified atom stereocenters. The molecule has 5 heteroatoms. The average Bonchev–Trinajstić information content (AvgIpc) is 3.01. The number of imidazole rings is 1. The zero-order chi connectivity index (χ0) is 17.8. The first-order valence-corrected chi connectivity index (χ1v) is 8.11. The molecule has 1 amide bonds. The van der Waals surface area contributed by atoms with E-state index >= 15 is 0 Å². The summed E-state index contributed by atoms with van der Waals surface area (Å²) >= 11 is 0. The van der Waals surface area contributed by atoms with Crippen molar-refractivity contribution in [2.24, 2.45) is 7.05 Å². The maximum Gasteiger partial charge on any atom is 0.225 e. The SMILES string of the molecule is Cc1ccccc1CC(=O)N[C@H](c1ccc(F)cc1)c1nccn1C. The van der Waals surface area contributed by atoms with Gasteiger partial charge in [0.2, 0.25) is 5.91 Å². The van der Waals surface area contributed by atoms with Gasteiger partial charge in [0.05, 0.1) is 6.42 Å². The Labute approximate surface area is 146 Å². The Morgan fingerprint density at radius 2 is 1.92 bits per heavy atom. The quantitative estimate of drug-likeness (QED) is 0.776. The van der Waals surface area contributed by atoms with Crippen molar-refractivity contribution in [3.05, 3.63) is 89.3 Å². The van der Waals surface area contributed by atoms with Crippen LogP contribution in [0.1, 0.15) is 28.6 Å². The molecule has 0 bridgehead atoms. The minimum absolute atomic E-state index is 0.105. The molecule has 2 aromatic carbocycles. The second-order valence-electron chi connectivity index (χ2n) is 6.05. The van der Waals surface area contributed by atoms with Gasteiger partial charge in [0.25, 0.3) is 0 Å². The standard InChI is InChI=1S/C20H20FN3O/c1-14-5-3-4-6-16(14)13-18(25)23-19(20-22-11-12-24(20)2)15-7-9-17(21)10-8-15/h3-12,19H,13H2,1-2H3,(H,23,25)/t19-/m1/s1. The van der Waals surface area contributed by atoms with Crippen molar-refractivity contribution in [1.29, 1.82) is 0 Å². The minimum atomic E-state index is -0.433. The highest BCUT2D eigenvalue weighted by molar-refractivity contribution is 5.79. The Bertz CT molecular complexity index is 871. The van der Waals surface area contributed by atoms with Crippen LogP contribution in [0.4, 0.5) is 4.39 Å².